The Bertz CT molecular complexity index is 1400. The number of carbonyl (C=O) groups is 1. The van der Waals surface area contributed by atoms with E-state index in [-0.39, 0.29) is 49.5 Å². The molecule has 0 unspecified atom stereocenters. The van der Waals surface area contributed by atoms with Crippen molar-refractivity contribution in [3.63, 3.8) is 0 Å². The maximum atomic E-state index is 13.6. The SMILES string of the molecule is CCN(CCCCC(=O)O)c1cc2c(cc1CN(Cc1cc(C(F)(F)F)cc(C(F)(F)F)c1)c1nnn(C)n1)CCCC2.Cl. The van der Waals surface area contributed by atoms with Crippen molar-refractivity contribution < 1.29 is 36.2 Å². The van der Waals surface area contributed by atoms with Gasteiger partial charge in [-0.1, -0.05) is 11.2 Å². The summed E-state index contributed by atoms with van der Waals surface area (Å²) in [4.78, 5) is 15.8. The molecule has 44 heavy (non-hydrogen) atoms. The van der Waals surface area contributed by atoms with Gasteiger partial charge in [-0.2, -0.15) is 31.1 Å². The van der Waals surface area contributed by atoms with Crippen LogP contribution in [0.4, 0.5) is 38.0 Å². The van der Waals surface area contributed by atoms with Crippen molar-refractivity contribution in [1.82, 2.24) is 20.2 Å². The van der Waals surface area contributed by atoms with Crippen LogP contribution in [-0.2, 0) is 50.1 Å². The first-order valence-corrected chi connectivity index (χ1v) is 14.1. The van der Waals surface area contributed by atoms with E-state index >= 15 is 0 Å². The van der Waals surface area contributed by atoms with Crippen LogP contribution < -0.4 is 9.80 Å². The molecule has 1 heterocycles. The van der Waals surface area contributed by atoms with Gasteiger partial charge in [0.1, 0.15) is 0 Å². The third-order valence-corrected chi connectivity index (χ3v) is 7.50. The standard InChI is InChI=1S/C29H34F6N6O2.ClH/c1-3-40(11-7-6-10-26(42)43)25-15-21-9-5-4-8-20(21)14-22(25)18-41(27-36-38-39(2)37-27)17-19-12-23(28(30,31)32)16-24(13-19)29(33,34)35;/h12-16H,3-11,17-18H2,1-2H3,(H,42,43);1H. The Morgan fingerprint density at radius 3 is 2.05 bits per heavy atom. The highest BCUT2D eigenvalue weighted by Crippen LogP contribution is 2.37. The summed E-state index contributed by atoms with van der Waals surface area (Å²) in [5.74, 6) is -0.811. The third kappa shape index (κ3) is 8.99. The van der Waals surface area contributed by atoms with Gasteiger partial charge < -0.3 is 14.9 Å². The van der Waals surface area contributed by atoms with Crippen molar-refractivity contribution in [3.8, 4) is 0 Å². The van der Waals surface area contributed by atoms with E-state index in [9.17, 15) is 31.1 Å². The summed E-state index contributed by atoms with van der Waals surface area (Å²) in [5, 5.41) is 21.1. The minimum absolute atomic E-state index is 0. The lowest BCUT2D eigenvalue weighted by molar-refractivity contribution is -0.143. The van der Waals surface area contributed by atoms with E-state index < -0.39 is 29.4 Å². The summed E-state index contributed by atoms with van der Waals surface area (Å²) in [6.07, 6.45) is -4.94. The summed E-state index contributed by atoms with van der Waals surface area (Å²) < 4.78 is 81.6. The van der Waals surface area contributed by atoms with Gasteiger partial charge in [0.05, 0.1) is 18.2 Å². The summed E-state index contributed by atoms with van der Waals surface area (Å²) in [6, 6.07) is 5.71. The van der Waals surface area contributed by atoms with Crippen molar-refractivity contribution in [2.45, 2.75) is 77.3 Å². The molecule has 0 spiro atoms. The monoisotopic (exact) mass is 648 g/mol. The predicted molar refractivity (Wildman–Crippen MR) is 155 cm³/mol. The summed E-state index contributed by atoms with van der Waals surface area (Å²) in [5.41, 5.74) is 1.07. The predicted octanol–water partition coefficient (Wildman–Crippen LogP) is 6.84. The minimum Gasteiger partial charge on any atom is -0.481 e. The fraction of sp³-hybridized carbons (Fsp3) is 0.517. The van der Waals surface area contributed by atoms with Crippen molar-refractivity contribution in [2.24, 2.45) is 7.05 Å². The molecular formula is C29H35ClF6N6O2. The number of hydrogen-bond acceptors (Lipinski definition) is 6. The van der Waals surface area contributed by atoms with Gasteiger partial charge in [0, 0.05) is 38.3 Å². The maximum Gasteiger partial charge on any atom is 0.416 e. The second kappa shape index (κ2) is 14.5. The van der Waals surface area contributed by atoms with E-state index in [4.69, 9.17) is 5.11 Å². The molecule has 1 aliphatic rings. The van der Waals surface area contributed by atoms with Crippen molar-refractivity contribution in [3.05, 3.63) is 63.7 Å². The van der Waals surface area contributed by atoms with Gasteiger partial charge in [-0.05, 0) is 97.2 Å². The van der Waals surface area contributed by atoms with E-state index in [0.29, 0.717) is 38.1 Å². The molecule has 8 nitrogen and oxygen atoms in total. The average Bonchev–Trinajstić information content (AvgIpc) is 3.37. The molecule has 0 aliphatic heterocycles. The number of halogens is 7. The van der Waals surface area contributed by atoms with Crippen molar-refractivity contribution >= 4 is 30.0 Å². The number of anilines is 2. The molecular weight excluding hydrogens is 614 g/mol. The van der Waals surface area contributed by atoms with Gasteiger partial charge in [-0.15, -0.1) is 17.5 Å². The molecule has 1 aliphatic carbocycles. The van der Waals surface area contributed by atoms with Crippen LogP contribution in [0.2, 0.25) is 0 Å². The number of aromatic nitrogens is 4. The molecule has 0 saturated carbocycles. The lowest BCUT2D eigenvalue weighted by atomic mass is 9.89. The molecule has 1 aromatic heterocycles. The Labute approximate surface area is 257 Å². The molecule has 2 aromatic carbocycles. The molecule has 3 aromatic rings. The van der Waals surface area contributed by atoms with Crippen molar-refractivity contribution in [1.29, 1.82) is 0 Å². The Morgan fingerprint density at radius 1 is 0.909 bits per heavy atom. The highest BCUT2D eigenvalue weighted by molar-refractivity contribution is 5.85. The summed E-state index contributed by atoms with van der Waals surface area (Å²) >= 11 is 0. The zero-order chi connectivity index (χ0) is 31.4. The molecule has 0 bridgehead atoms. The number of tetrazole rings is 1. The number of unbranched alkanes of at least 4 members (excludes halogenated alkanes) is 1. The number of rotatable bonds is 12. The lowest BCUT2D eigenvalue weighted by Gasteiger charge is -2.31. The molecule has 0 atom stereocenters. The van der Waals surface area contributed by atoms with Gasteiger partial charge >= 0.3 is 18.3 Å². The smallest absolute Gasteiger partial charge is 0.416 e. The van der Waals surface area contributed by atoms with Crippen LogP contribution in [0.5, 0.6) is 0 Å². The zero-order valence-corrected chi connectivity index (χ0v) is 25.2. The lowest BCUT2D eigenvalue weighted by Crippen LogP contribution is -2.29. The Morgan fingerprint density at radius 2 is 1.52 bits per heavy atom. The van der Waals surface area contributed by atoms with Crippen LogP contribution >= 0.6 is 12.4 Å². The van der Waals surface area contributed by atoms with Crippen LogP contribution in [0.1, 0.15) is 72.4 Å². The number of aliphatic carboxylic acids is 1. The van der Waals surface area contributed by atoms with Crippen LogP contribution in [0.25, 0.3) is 0 Å². The van der Waals surface area contributed by atoms with Crippen LogP contribution in [-0.4, -0.2) is 44.4 Å². The molecule has 15 heteroatoms. The molecule has 1 N–H and O–H groups in total. The third-order valence-electron chi connectivity index (χ3n) is 7.50. The molecule has 0 amide bonds. The zero-order valence-electron chi connectivity index (χ0n) is 24.4. The van der Waals surface area contributed by atoms with Gasteiger partial charge in [0.15, 0.2) is 0 Å². The number of fused-ring (bicyclic) bond motifs is 1. The first-order chi connectivity index (χ1) is 20.2. The molecule has 0 fully saturated rings. The number of carboxylic acids is 1. The average molecular weight is 649 g/mol. The Hall–Kier alpha value is -3.55. The molecule has 242 valence electrons. The van der Waals surface area contributed by atoms with E-state index in [1.165, 1.54) is 22.3 Å². The maximum absolute atomic E-state index is 13.6. The van der Waals surface area contributed by atoms with Crippen LogP contribution in [0.15, 0.2) is 30.3 Å². The fourth-order valence-corrected chi connectivity index (χ4v) is 5.41. The topological polar surface area (TPSA) is 87.4 Å². The summed E-state index contributed by atoms with van der Waals surface area (Å²) in [6.45, 7) is 2.94. The van der Waals surface area contributed by atoms with Crippen LogP contribution in [0, 0.1) is 0 Å². The first kappa shape index (κ1) is 34.9. The van der Waals surface area contributed by atoms with E-state index in [2.05, 4.69) is 32.4 Å². The number of alkyl halides is 6. The second-order valence-corrected chi connectivity index (χ2v) is 10.7. The molecule has 0 saturated heterocycles. The van der Waals surface area contributed by atoms with E-state index in [0.717, 1.165) is 42.5 Å². The number of aryl methyl sites for hydroxylation is 3. The van der Waals surface area contributed by atoms with Gasteiger partial charge in [-0.25, -0.2) is 0 Å². The Kier molecular flexibility index (Phi) is 11.5. The molecule has 4 rings (SSSR count). The number of hydrogen-bond donors (Lipinski definition) is 1. The first-order valence-electron chi connectivity index (χ1n) is 14.1. The number of carboxylic acid groups (broad SMARTS) is 1. The van der Waals surface area contributed by atoms with E-state index in [1.54, 1.807) is 0 Å². The highest BCUT2D eigenvalue weighted by Gasteiger charge is 2.37. The normalized spacial score (nSPS) is 13.3. The largest absolute Gasteiger partial charge is 0.481 e. The quantitative estimate of drug-likeness (QED) is 0.170. The van der Waals surface area contributed by atoms with Gasteiger partial charge in [0.25, 0.3) is 5.95 Å². The number of nitrogens with zero attached hydrogens (tertiary/aromatic N) is 6. The fourth-order valence-electron chi connectivity index (χ4n) is 5.41. The van der Waals surface area contributed by atoms with Gasteiger partial charge in [0.2, 0.25) is 0 Å². The number of benzene rings is 2. The minimum atomic E-state index is -4.97. The van der Waals surface area contributed by atoms with Crippen molar-refractivity contribution in [2.75, 3.05) is 22.9 Å². The van der Waals surface area contributed by atoms with Crippen LogP contribution in [0.3, 0.4) is 0 Å². The highest BCUT2D eigenvalue weighted by atomic mass is 35.5. The Balaban J connectivity index is 0.00000529. The summed E-state index contributed by atoms with van der Waals surface area (Å²) in [7, 11) is 1.51. The van der Waals surface area contributed by atoms with Gasteiger partial charge in [-0.3, -0.25) is 4.79 Å². The second-order valence-electron chi connectivity index (χ2n) is 10.7. The molecule has 0 radical (unpaired) electrons. The van der Waals surface area contributed by atoms with E-state index in [1.807, 2.05) is 6.92 Å².